The first-order valence-corrected chi connectivity index (χ1v) is 9.60. The van der Waals surface area contributed by atoms with Gasteiger partial charge in [0.1, 0.15) is 6.04 Å². The fourth-order valence-corrected chi connectivity index (χ4v) is 4.35. The molecule has 2 aromatic carbocycles. The minimum Gasteiger partial charge on any atom is -0.462 e. The smallest absolute Gasteiger partial charge is 0.338 e. The zero-order chi connectivity index (χ0) is 20.1. The summed E-state index contributed by atoms with van der Waals surface area (Å²) in [5, 5.41) is 2.32. The average molecular weight is 390 g/mol. The van der Waals surface area contributed by atoms with Crippen LogP contribution in [0, 0.1) is 0 Å². The van der Waals surface area contributed by atoms with E-state index in [0.717, 1.165) is 22.3 Å². The lowest BCUT2D eigenvalue weighted by atomic mass is 9.92. The zero-order valence-electron chi connectivity index (χ0n) is 15.6. The second kappa shape index (κ2) is 6.55. The molecule has 1 unspecified atom stereocenters. The zero-order valence-corrected chi connectivity index (χ0v) is 15.6. The summed E-state index contributed by atoms with van der Waals surface area (Å²) in [6.45, 7) is 0.680. The van der Waals surface area contributed by atoms with Gasteiger partial charge in [-0.1, -0.05) is 24.3 Å². The number of nitrogens with one attached hydrogen (secondary N) is 1. The summed E-state index contributed by atoms with van der Waals surface area (Å²) in [6.07, 6.45) is 1.22. The normalized spacial score (nSPS) is 20.8. The van der Waals surface area contributed by atoms with Crippen molar-refractivity contribution in [2.75, 3.05) is 6.61 Å². The van der Waals surface area contributed by atoms with Crippen LogP contribution in [0.25, 0.3) is 11.1 Å². The Morgan fingerprint density at radius 1 is 0.966 bits per heavy atom. The van der Waals surface area contributed by atoms with Crippen LogP contribution in [0.2, 0.25) is 0 Å². The molecule has 1 saturated heterocycles. The number of amides is 3. The number of fused-ring (bicyclic) bond motifs is 2. The molecule has 0 spiro atoms. The van der Waals surface area contributed by atoms with Gasteiger partial charge in [-0.3, -0.25) is 19.7 Å². The number of hydrogen-bond donors (Lipinski definition) is 1. The molecule has 0 aliphatic carbocycles. The van der Waals surface area contributed by atoms with Crippen LogP contribution in [0.15, 0.2) is 36.4 Å². The first-order valence-electron chi connectivity index (χ1n) is 9.60. The molecule has 0 aromatic heterocycles. The van der Waals surface area contributed by atoms with Crippen molar-refractivity contribution in [2.24, 2.45) is 0 Å². The van der Waals surface area contributed by atoms with E-state index in [1.54, 1.807) is 17.0 Å². The molecule has 7 nitrogen and oxygen atoms in total. The van der Waals surface area contributed by atoms with Crippen molar-refractivity contribution < 1.29 is 23.9 Å². The molecular formula is C22H18N2O5. The predicted molar refractivity (Wildman–Crippen MR) is 102 cm³/mol. The Hall–Kier alpha value is -3.48. The van der Waals surface area contributed by atoms with E-state index in [0.29, 0.717) is 37.1 Å². The number of benzene rings is 2. The first-order chi connectivity index (χ1) is 14.0. The maximum absolute atomic E-state index is 13.0. The van der Waals surface area contributed by atoms with Crippen molar-refractivity contribution >= 4 is 23.7 Å². The van der Waals surface area contributed by atoms with Crippen LogP contribution in [-0.4, -0.2) is 41.2 Å². The molecule has 7 heteroatoms. The minimum atomic E-state index is -0.640. The van der Waals surface area contributed by atoms with E-state index in [1.807, 2.05) is 24.3 Å². The highest BCUT2D eigenvalue weighted by Gasteiger charge is 2.39. The molecule has 2 aromatic rings. The van der Waals surface area contributed by atoms with Crippen LogP contribution < -0.4 is 5.32 Å². The van der Waals surface area contributed by atoms with Gasteiger partial charge in [0.05, 0.1) is 12.2 Å². The van der Waals surface area contributed by atoms with Gasteiger partial charge in [-0.05, 0) is 40.8 Å². The number of carbonyl (C=O) groups is 4. The van der Waals surface area contributed by atoms with Crippen molar-refractivity contribution in [1.82, 2.24) is 10.2 Å². The highest BCUT2D eigenvalue weighted by atomic mass is 16.5. The van der Waals surface area contributed by atoms with E-state index in [2.05, 4.69) is 5.32 Å². The molecule has 5 rings (SSSR count). The predicted octanol–water partition coefficient (Wildman–Crippen LogP) is 1.83. The molecule has 1 fully saturated rings. The topological polar surface area (TPSA) is 92.8 Å². The van der Waals surface area contributed by atoms with Crippen LogP contribution in [-0.2, 0) is 27.3 Å². The third kappa shape index (κ3) is 2.81. The molecule has 1 N–H and O–H groups in total. The average Bonchev–Trinajstić information content (AvgIpc) is 3.04. The van der Waals surface area contributed by atoms with Crippen molar-refractivity contribution in [3.8, 4) is 11.1 Å². The monoisotopic (exact) mass is 390 g/mol. The molecule has 3 aliphatic heterocycles. The standard InChI is InChI=1S/C22H18N2O5/c25-19-7-6-18(20(26)23-19)24-11-17-14(2-1-3-16(17)21(24)27)12-4-5-15-13(10-12)8-9-29-22(15)28/h1-5,10,18H,6-9,11H2,(H,23,25,26). The Bertz CT molecular complexity index is 1090. The van der Waals surface area contributed by atoms with E-state index in [1.165, 1.54) is 0 Å². The number of ether oxygens (including phenoxy) is 1. The summed E-state index contributed by atoms with van der Waals surface area (Å²) in [5.41, 5.74) is 4.78. The van der Waals surface area contributed by atoms with Crippen LogP contribution >= 0.6 is 0 Å². The Balaban J connectivity index is 1.51. The number of nitrogens with zero attached hydrogens (tertiary/aromatic N) is 1. The fourth-order valence-electron chi connectivity index (χ4n) is 4.35. The second-order valence-electron chi connectivity index (χ2n) is 7.49. The van der Waals surface area contributed by atoms with Gasteiger partial charge in [0, 0.05) is 24.9 Å². The van der Waals surface area contributed by atoms with E-state index >= 15 is 0 Å². The number of carbonyl (C=O) groups excluding carboxylic acids is 4. The van der Waals surface area contributed by atoms with Crippen LogP contribution in [0.3, 0.4) is 0 Å². The number of piperidine rings is 1. The molecule has 0 bridgehead atoms. The SMILES string of the molecule is O=C1CCC(N2Cc3c(cccc3-c3ccc4c(c3)CCOC4=O)C2=O)C(=O)N1. The van der Waals surface area contributed by atoms with E-state index in [-0.39, 0.29) is 24.2 Å². The summed E-state index contributed by atoms with van der Waals surface area (Å²) in [7, 11) is 0. The number of hydrogen-bond acceptors (Lipinski definition) is 5. The second-order valence-corrected chi connectivity index (χ2v) is 7.49. The van der Waals surface area contributed by atoms with Gasteiger partial charge < -0.3 is 9.64 Å². The summed E-state index contributed by atoms with van der Waals surface area (Å²) < 4.78 is 5.08. The van der Waals surface area contributed by atoms with E-state index in [4.69, 9.17) is 4.74 Å². The van der Waals surface area contributed by atoms with Gasteiger partial charge in [-0.2, -0.15) is 0 Å². The summed E-state index contributed by atoms with van der Waals surface area (Å²) in [4.78, 5) is 50.1. The molecule has 3 amide bonds. The van der Waals surface area contributed by atoms with Crippen molar-refractivity contribution in [2.45, 2.75) is 31.8 Å². The summed E-state index contributed by atoms with van der Waals surface area (Å²) in [6, 6.07) is 10.5. The van der Waals surface area contributed by atoms with Crippen molar-refractivity contribution in [3.63, 3.8) is 0 Å². The van der Waals surface area contributed by atoms with Crippen LogP contribution in [0.1, 0.15) is 44.7 Å². The molecule has 0 saturated carbocycles. The van der Waals surface area contributed by atoms with Gasteiger partial charge in [-0.15, -0.1) is 0 Å². The van der Waals surface area contributed by atoms with E-state index in [9.17, 15) is 19.2 Å². The van der Waals surface area contributed by atoms with Gasteiger partial charge in [0.15, 0.2) is 0 Å². The number of rotatable bonds is 2. The lowest BCUT2D eigenvalue weighted by Gasteiger charge is -2.29. The Kier molecular flexibility index (Phi) is 3.97. The maximum Gasteiger partial charge on any atom is 0.338 e. The van der Waals surface area contributed by atoms with Crippen LogP contribution in [0.5, 0.6) is 0 Å². The molecule has 146 valence electrons. The van der Waals surface area contributed by atoms with Crippen molar-refractivity contribution in [3.05, 3.63) is 58.7 Å². The fraction of sp³-hybridized carbons (Fsp3) is 0.273. The number of imide groups is 1. The molecule has 0 radical (unpaired) electrons. The molecule has 3 aliphatic rings. The summed E-state index contributed by atoms with van der Waals surface area (Å²) >= 11 is 0. The van der Waals surface area contributed by atoms with Crippen LogP contribution in [0.4, 0.5) is 0 Å². The Labute approximate surface area is 166 Å². The van der Waals surface area contributed by atoms with E-state index < -0.39 is 11.9 Å². The maximum atomic E-state index is 13.0. The highest BCUT2D eigenvalue weighted by Crippen LogP contribution is 2.35. The van der Waals surface area contributed by atoms with Gasteiger partial charge in [-0.25, -0.2) is 4.79 Å². The first kappa shape index (κ1) is 17.6. The number of cyclic esters (lactones) is 1. The lowest BCUT2D eigenvalue weighted by molar-refractivity contribution is -0.136. The third-order valence-corrected chi connectivity index (χ3v) is 5.82. The van der Waals surface area contributed by atoms with Crippen molar-refractivity contribution in [1.29, 1.82) is 0 Å². The summed E-state index contributed by atoms with van der Waals surface area (Å²) in [5.74, 6) is -1.23. The Morgan fingerprint density at radius 2 is 1.79 bits per heavy atom. The minimum absolute atomic E-state index is 0.196. The van der Waals surface area contributed by atoms with Gasteiger partial charge in [0.2, 0.25) is 11.8 Å². The highest BCUT2D eigenvalue weighted by molar-refractivity contribution is 6.06. The van der Waals surface area contributed by atoms with Gasteiger partial charge in [0.25, 0.3) is 5.91 Å². The van der Waals surface area contributed by atoms with Gasteiger partial charge >= 0.3 is 5.97 Å². The third-order valence-electron chi connectivity index (χ3n) is 5.82. The largest absolute Gasteiger partial charge is 0.462 e. The molecule has 3 heterocycles. The number of esters is 1. The quantitative estimate of drug-likeness (QED) is 0.624. The Morgan fingerprint density at radius 3 is 2.62 bits per heavy atom. The lowest BCUT2D eigenvalue weighted by Crippen LogP contribution is -2.52. The molecule has 29 heavy (non-hydrogen) atoms. The molecular weight excluding hydrogens is 372 g/mol. The molecule has 1 atom stereocenters.